The zero-order valence-corrected chi connectivity index (χ0v) is 18.3. The standard InChI is InChI=1S/C25H28N4O3/c1-2-3-9-24(30)26-18-10-11-22-20(16-18)21(25(31)32)17-23(27-22)29-14-12-28(13-15-29)19-7-5-4-6-8-19/h4-8,10-11,16-17H,2-3,9,12-15H2,1H3,(H,26,30)(H,31,32). The molecule has 1 aliphatic rings. The van der Waals surface area contributed by atoms with E-state index in [1.807, 2.05) is 25.1 Å². The van der Waals surface area contributed by atoms with Crippen molar-refractivity contribution in [2.75, 3.05) is 41.3 Å². The molecular weight excluding hydrogens is 404 g/mol. The molecule has 0 radical (unpaired) electrons. The van der Waals surface area contributed by atoms with Gasteiger partial charge in [-0.15, -0.1) is 0 Å². The summed E-state index contributed by atoms with van der Waals surface area (Å²) in [6.07, 6.45) is 2.22. The molecule has 1 fully saturated rings. The van der Waals surface area contributed by atoms with Crippen LogP contribution in [0.1, 0.15) is 36.5 Å². The van der Waals surface area contributed by atoms with Gasteiger partial charge in [-0.05, 0) is 42.8 Å². The minimum Gasteiger partial charge on any atom is -0.478 e. The highest BCUT2D eigenvalue weighted by Crippen LogP contribution is 2.27. The van der Waals surface area contributed by atoms with E-state index in [0.717, 1.165) is 39.0 Å². The number of anilines is 3. The van der Waals surface area contributed by atoms with Crippen LogP contribution < -0.4 is 15.1 Å². The molecule has 166 valence electrons. The summed E-state index contributed by atoms with van der Waals surface area (Å²) in [5.74, 6) is -0.401. The molecule has 32 heavy (non-hydrogen) atoms. The molecule has 2 aromatic carbocycles. The number of piperazine rings is 1. The summed E-state index contributed by atoms with van der Waals surface area (Å²) in [7, 11) is 0. The molecule has 7 nitrogen and oxygen atoms in total. The fourth-order valence-electron chi connectivity index (χ4n) is 4.02. The van der Waals surface area contributed by atoms with Crippen molar-refractivity contribution in [3.05, 3.63) is 60.2 Å². The van der Waals surface area contributed by atoms with Crippen molar-refractivity contribution < 1.29 is 14.7 Å². The van der Waals surface area contributed by atoms with E-state index in [2.05, 4.69) is 27.2 Å². The number of rotatable bonds is 7. The lowest BCUT2D eigenvalue weighted by atomic mass is 10.1. The number of nitrogens with zero attached hydrogens (tertiary/aromatic N) is 3. The molecule has 0 unspecified atom stereocenters. The van der Waals surface area contributed by atoms with Crippen molar-refractivity contribution in [3.63, 3.8) is 0 Å². The molecule has 2 heterocycles. The minimum absolute atomic E-state index is 0.0658. The number of nitrogens with one attached hydrogen (secondary N) is 1. The van der Waals surface area contributed by atoms with Gasteiger partial charge in [-0.3, -0.25) is 4.79 Å². The number of benzene rings is 2. The number of aromatic carboxylic acids is 1. The quantitative estimate of drug-likeness (QED) is 0.576. The second kappa shape index (κ2) is 9.68. The van der Waals surface area contributed by atoms with Crippen LogP contribution in [-0.2, 0) is 4.79 Å². The number of carbonyl (C=O) groups is 2. The lowest BCUT2D eigenvalue weighted by Crippen LogP contribution is -2.46. The van der Waals surface area contributed by atoms with E-state index < -0.39 is 5.97 Å². The molecule has 0 bridgehead atoms. The largest absolute Gasteiger partial charge is 0.478 e. The van der Waals surface area contributed by atoms with E-state index in [1.165, 1.54) is 5.69 Å². The zero-order chi connectivity index (χ0) is 22.5. The number of carbonyl (C=O) groups excluding carboxylic acids is 1. The molecule has 7 heteroatoms. The third kappa shape index (κ3) is 4.82. The van der Waals surface area contributed by atoms with Crippen molar-refractivity contribution >= 4 is 40.0 Å². The third-order valence-corrected chi connectivity index (χ3v) is 5.79. The Labute approximate surface area is 187 Å². The highest BCUT2D eigenvalue weighted by molar-refractivity contribution is 6.05. The molecule has 3 aromatic rings. The number of hydrogen-bond acceptors (Lipinski definition) is 5. The molecule has 4 rings (SSSR count). The predicted octanol–water partition coefficient (Wildman–Crippen LogP) is 4.39. The van der Waals surface area contributed by atoms with Crippen molar-refractivity contribution in [2.45, 2.75) is 26.2 Å². The summed E-state index contributed by atoms with van der Waals surface area (Å²) in [5.41, 5.74) is 2.59. The topological polar surface area (TPSA) is 85.8 Å². The van der Waals surface area contributed by atoms with E-state index in [4.69, 9.17) is 4.98 Å². The Balaban J connectivity index is 1.55. The molecule has 1 amide bonds. The Morgan fingerprint density at radius 2 is 1.72 bits per heavy atom. The molecule has 0 atom stereocenters. The van der Waals surface area contributed by atoms with E-state index >= 15 is 0 Å². The number of carboxylic acids is 1. The summed E-state index contributed by atoms with van der Waals surface area (Å²) in [6, 6.07) is 17.2. The van der Waals surface area contributed by atoms with E-state index in [-0.39, 0.29) is 11.5 Å². The van der Waals surface area contributed by atoms with Crippen molar-refractivity contribution in [3.8, 4) is 0 Å². The van der Waals surface area contributed by atoms with Gasteiger partial charge in [0.25, 0.3) is 0 Å². The molecule has 1 aromatic heterocycles. The van der Waals surface area contributed by atoms with Gasteiger partial charge in [0, 0.05) is 49.4 Å². The Kier molecular flexibility index (Phi) is 6.54. The van der Waals surface area contributed by atoms with E-state index in [1.54, 1.807) is 24.3 Å². The maximum atomic E-state index is 12.1. The van der Waals surface area contributed by atoms with Gasteiger partial charge in [0.15, 0.2) is 0 Å². The van der Waals surface area contributed by atoms with Gasteiger partial charge in [-0.1, -0.05) is 31.5 Å². The monoisotopic (exact) mass is 432 g/mol. The first-order valence-electron chi connectivity index (χ1n) is 11.1. The van der Waals surface area contributed by atoms with Crippen LogP contribution in [0, 0.1) is 0 Å². The summed E-state index contributed by atoms with van der Waals surface area (Å²) in [5, 5.41) is 13.2. The normalized spacial score (nSPS) is 13.9. The fourth-order valence-corrected chi connectivity index (χ4v) is 4.02. The number of amides is 1. The van der Waals surface area contributed by atoms with Crippen LogP contribution in [0.25, 0.3) is 10.9 Å². The number of pyridine rings is 1. The first-order valence-corrected chi connectivity index (χ1v) is 11.1. The average Bonchev–Trinajstić information content (AvgIpc) is 2.82. The van der Waals surface area contributed by atoms with Crippen LogP contribution in [0.3, 0.4) is 0 Å². The second-order valence-electron chi connectivity index (χ2n) is 8.03. The van der Waals surface area contributed by atoms with E-state index in [0.29, 0.717) is 28.8 Å². The van der Waals surface area contributed by atoms with Gasteiger partial charge < -0.3 is 20.2 Å². The number of fused-ring (bicyclic) bond motifs is 1. The Hall–Kier alpha value is -3.61. The van der Waals surface area contributed by atoms with Gasteiger partial charge in [-0.25, -0.2) is 9.78 Å². The lowest BCUT2D eigenvalue weighted by molar-refractivity contribution is -0.116. The summed E-state index contributed by atoms with van der Waals surface area (Å²) >= 11 is 0. The first kappa shape index (κ1) is 21.6. The molecule has 1 saturated heterocycles. The Morgan fingerprint density at radius 3 is 2.41 bits per heavy atom. The van der Waals surface area contributed by atoms with Crippen LogP contribution in [0.4, 0.5) is 17.2 Å². The number of carboxylic acid groups (broad SMARTS) is 1. The lowest BCUT2D eigenvalue weighted by Gasteiger charge is -2.37. The first-order chi connectivity index (χ1) is 15.5. The number of unbranched alkanes of at least 4 members (excludes halogenated alkanes) is 1. The zero-order valence-electron chi connectivity index (χ0n) is 18.3. The smallest absolute Gasteiger partial charge is 0.336 e. The van der Waals surface area contributed by atoms with Crippen molar-refractivity contribution in [1.82, 2.24) is 4.98 Å². The highest BCUT2D eigenvalue weighted by atomic mass is 16.4. The fraction of sp³-hybridized carbons (Fsp3) is 0.320. The number of hydrogen-bond donors (Lipinski definition) is 2. The molecular formula is C25H28N4O3. The number of aromatic nitrogens is 1. The Morgan fingerprint density at radius 1 is 1.00 bits per heavy atom. The van der Waals surface area contributed by atoms with E-state index in [9.17, 15) is 14.7 Å². The molecule has 0 saturated carbocycles. The van der Waals surface area contributed by atoms with Crippen LogP contribution in [0.5, 0.6) is 0 Å². The molecule has 0 aliphatic carbocycles. The second-order valence-corrected chi connectivity index (χ2v) is 8.03. The maximum Gasteiger partial charge on any atom is 0.336 e. The summed E-state index contributed by atoms with van der Waals surface area (Å²) in [4.78, 5) is 33.3. The molecule has 1 aliphatic heterocycles. The highest BCUT2D eigenvalue weighted by Gasteiger charge is 2.21. The molecule has 2 N–H and O–H groups in total. The minimum atomic E-state index is -1.00. The van der Waals surface area contributed by atoms with Gasteiger partial charge in [-0.2, -0.15) is 0 Å². The van der Waals surface area contributed by atoms with Crippen molar-refractivity contribution in [2.24, 2.45) is 0 Å². The van der Waals surface area contributed by atoms with Crippen LogP contribution in [-0.4, -0.2) is 48.1 Å². The van der Waals surface area contributed by atoms with Crippen LogP contribution in [0.15, 0.2) is 54.6 Å². The van der Waals surface area contributed by atoms with Gasteiger partial charge >= 0.3 is 5.97 Å². The SMILES string of the molecule is CCCCC(=O)Nc1ccc2nc(N3CCN(c4ccccc4)CC3)cc(C(=O)O)c2c1. The third-order valence-electron chi connectivity index (χ3n) is 5.79. The summed E-state index contributed by atoms with van der Waals surface area (Å²) in [6.45, 7) is 5.24. The van der Waals surface area contributed by atoms with Gasteiger partial charge in [0.1, 0.15) is 5.82 Å². The molecule has 0 spiro atoms. The Bertz CT molecular complexity index is 1110. The van der Waals surface area contributed by atoms with Crippen molar-refractivity contribution in [1.29, 1.82) is 0 Å². The number of para-hydroxylation sites is 1. The van der Waals surface area contributed by atoms with Gasteiger partial charge in [0.05, 0.1) is 11.1 Å². The maximum absolute atomic E-state index is 12.1. The predicted molar refractivity (Wildman–Crippen MR) is 128 cm³/mol. The van der Waals surface area contributed by atoms with Gasteiger partial charge in [0.2, 0.25) is 5.91 Å². The van der Waals surface area contributed by atoms with Crippen LogP contribution >= 0.6 is 0 Å². The summed E-state index contributed by atoms with van der Waals surface area (Å²) < 4.78 is 0. The average molecular weight is 433 g/mol. The van der Waals surface area contributed by atoms with Crippen LogP contribution in [0.2, 0.25) is 0 Å².